The van der Waals surface area contributed by atoms with Crippen LogP contribution >= 0.6 is 0 Å². The van der Waals surface area contributed by atoms with E-state index in [-0.39, 0.29) is 17.4 Å². The van der Waals surface area contributed by atoms with E-state index in [9.17, 15) is 4.79 Å². The predicted octanol–water partition coefficient (Wildman–Crippen LogP) is 4.51. The van der Waals surface area contributed by atoms with Gasteiger partial charge in [-0.2, -0.15) is 0 Å². The monoisotopic (exact) mass is 468 g/mol. The van der Waals surface area contributed by atoms with Gasteiger partial charge in [0.25, 0.3) is 5.56 Å². The van der Waals surface area contributed by atoms with Gasteiger partial charge >= 0.3 is 0 Å². The second-order valence-electron chi connectivity index (χ2n) is 9.64. The maximum absolute atomic E-state index is 15.4. The van der Waals surface area contributed by atoms with E-state index < -0.39 is 0 Å². The van der Waals surface area contributed by atoms with Crippen molar-refractivity contribution >= 4 is 27.6 Å². The summed E-state index contributed by atoms with van der Waals surface area (Å²) >= 11 is 0. The zero-order valence-electron chi connectivity index (χ0n) is 19.1. The van der Waals surface area contributed by atoms with Crippen LogP contribution in [0.25, 0.3) is 39.0 Å². The minimum atomic E-state index is -0.353. The zero-order chi connectivity index (χ0) is 23.5. The average Bonchev–Trinajstić information content (AvgIpc) is 3.55. The molecule has 7 nitrogen and oxygen atoms in total. The lowest BCUT2D eigenvalue weighted by Gasteiger charge is -2.45. The third kappa shape index (κ3) is 3.36. The standard InChI is InChI=1S/C27H25FN6O/c28-18-13-17-21(14-23(18)34-9-3-4-10-34)32-27(35)24(26-30-19-5-1-2-6-20(19)31-26)25(17)29-22-15-33-11-7-16(22)8-12-33/h1-6,9-10,13-14,16,22H,7-8,11-12,15H2,(H,30,31)(H2,29,32,35)/t22-/m1/s1. The first kappa shape index (κ1) is 20.5. The van der Waals surface area contributed by atoms with Crippen molar-refractivity contribution in [2.45, 2.75) is 18.9 Å². The highest BCUT2D eigenvalue weighted by Crippen LogP contribution is 2.36. The van der Waals surface area contributed by atoms with Crippen molar-refractivity contribution in [1.29, 1.82) is 0 Å². The number of pyridine rings is 1. The molecule has 2 aromatic carbocycles. The average molecular weight is 469 g/mol. The molecule has 3 N–H and O–H groups in total. The van der Waals surface area contributed by atoms with Gasteiger partial charge in [-0.25, -0.2) is 9.37 Å². The Kier molecular flexibility index (Phi) is 4.57. The third-order valence-corrected chi connectivity index (χ3v) is 7.58. The van der Waals surface area contributed by atoms with Crippen LogP contribution in [-0.4, -0.2) is 50.1 Å². The Morgan fingerprint density at radius 1 is 1.00 bits per heavy atom. The number of para-hydroxylation sites is 2. The Morgan fingerprint density at radius 3 is 2.54 bits per heavy atom. The molecule has 3 aliphatic rings. The lowest BCUT2D eigenvalue weighted by Crippen LogP contribution is -2.53. The molecule has 0 unspecified atom stereocenters. The summed E-state index contributed by atoms with van der Waals surface area (Å²) in [5, 5.41) is 4.34. The van der Waals surface area contributed by atoms with Gasteiger partial charge in [-0.05, 0) is 68.2 Å². The summed E-state index contributed by atoms with van der Waals surface area (Å²) in [6.45, 7) is 3.15. The summed E-state index contributed by atoms with van der Waals surface area (Å²) in [6.07, 6.45) is 5.84. The SMILES string of the molecule is O=c1[nH]c2cc(-n3cccc3)c(F)cc2c(N[C@@H]2CN3CCC2CC3)c1-c1nc2ccccc2[nH]1. The largest absolute Gasteiger partial charge is 0.379 e. The second kappa shape index (κ2) is 7.81. The molecule has 0 aliphatic carbocycles. The molecule has 5 aromatic rings. The van der Waals surface area contributed by atoms with Gasteiger partial charge in [0.2, 0.25) is 0 Å². The maximum atomic E-state index is 15.4. The summed E-state index contributed by atoms with van der Waals surface area (Å²) in [7, 11) is 0. The first-order chi connectivity index (χ1) is 17.1. The predicted molar refractivity (Wildman–Crippen MR) is 136 cm³/mol. The van der Waals surface area contributed by atoms with E-state index in [1.807, 2.05) is 36.4 Å². The summed E-state index contributed by atoms with van der Waals surface area (Å²) < 4.78 is 17.1. The van der Waals surface area contributed by atoms with Crippen molar-refractivity contribution in [1.82, 2.24) is 24.4 Å². The number of nitrogens with zero attached hydrogens (tertiary/aromatic N) is 3. The van der Waals surface area contributed by atoms with Crippen molar-refractivity contribution in [2.75, 3.05) is 25.0 Å². The van der Waals surface area contributed by atoms with Crippen molar-refractivity contribution < 1.29 is 4.39 Å². The van der Waals surface area contributed by atoms with E-state index in [2.05, 4.69) is 20.2 Å². The topological polar surface area (TPSA) is 81.7 Å². The number of nitrogens with one attached hydrogen (secondary N) is 3. The maximum Gasteiger partial charge on any atom is 0.261 e. The number of benzene rings is 2. The molecule has 6 heterocycles. The van der Waals surface area contributed by atoms with Crippen LogP contribution in [-0.2, 0) is 0 Å². The van der Waals surface area contributed by atoms with E-state index in [0.29, 0.717) is 39.6 Å². The molecule has 8 heteroatoms. The fourth-order valence-electron chi connectivity index (χ4n) is 5.76. The molecule has 0 saturated carbocycles. The van der Waals surface area contributed by atoms with Gasteiger partial charge in [-0.15, -0.1) is 0 Å². The molecule has 176 valence electrons. The van der Waals surface area contributed by atoms with Crippen molar-refractivity contribution in [2.24, 2.45) is 5.92 Å². The summed E-state index contributed by atoms with van der Waals surface area (Å²) in [5.74, 6) is 0.656. The lowest BCUT2D eigenvalue weighted by atomic mass is 9.83. The first-order valence-electron chi connectivity index (χ1n) is 12.1. The number of fused-ring (bicyclic) bond motifs is 5. The van der Waals surface area contributed by atoms with Crippen LogP contribution in [0.1, 0.15) is 12.8 Å². The van der Waals surface area contributed by atoms with Crippen LogP contribution in [0, 0.1) is 11.7 Å². The zero-order valence-corrected chi connectivity index (χ0v) is 19.1. The number of hydrogen-bond donors (Lipinski definition) is 3. The fraction of sp³-hybridized carbons (Fsp3) is 0.259. The molecular weight excluding hydrogens is 443 g/mol. The number of piperidine rings is 3. The Balaban J connectivity index is 1.45. The molecule has 0 radical (unpaired) electrons. The van der Waals surface area contributed by atoms with Crippen molar-refractivity contribution in [3.05, 3.63) is 77.1 Å². The Hall–Kier alpha value is -3.91. The number of aromatic amines is 2. The van der Waals surface area contributed by atoms with Crippen molar-refractivity contribution in [3.8, 4) is 17.1 Å². The molecule has 0 amide bonds. The van der Waals surface area contributed by atoms with Gasteiger partial charge in [-0.3, -0.25) is 4.79 Å². The van der Waals surface area contributed by atoms with Gasteiger partial charge < -0.3 is 24.8 Å². The molecule has 2 bridgehead atoms. The van der Waals surface area contributed by atoms with E-state index in [4.69, 9.17) is 4.98 Å². The molecule has 3 fully saturated rings. The lowest BCUT2D eigenvalue weighted by molar-refractivity contribution is 0.0976. The molecular formula is C27H25FN6O. The van der Waals surface area contributed by atoms with Crippen LogP contribution in [0.2, 0.25) is 0 Å². The van der Waals surface area contributed by atoms with Gasteiger partial charge in [0, 0.05) is 30.4 Å². The van der Waals surface area contributed by atoms with E-state index >= 15 is 4.39 Å². The number of halogens is 1. The van der Waals surface area contributed by atoms with Crippen LogP contribution in [0.5, 0.6) is 0 Å². The van der Waals surface area contributed by atoms with Gasteiger partial charge in [-0.1, -0.05) is 12.1 Å². The quantitative estimate of drug-likeness (QED) is 0.363. The molecule has 35 heavy (non-hydrogen) atoms. The van der Waals surface area contributed by atoms with Crippen LogP contribution in [0.15, 0.2) is 65.7 Å². The molecule has 3 saturated heterocycles. The number of rotatable bonds is 4. The first-order valence-corrected chi connectivity index (χ1v) is 12.1. The van der Waals surface area contributed by atoms with Gasteiger partial charge in [0.1, 0.15) is 17.2 Å². The summed E-state index contributed by atoms with van der Waals surface area (Å²) in [4.78, 5) is 27.0. The van der Waals surface area contributed by atoms with Crippen LogP contribution in [0.3, 0.4) is 0 Å². The second-order valence-corrected chi connectivity index (χ2v) is 9.64. The number of aromatic nitrogens is 4. The summed E-state index contributed by atoms with van der Waals surface area (Å²) in [5.41, 5.74) is 3.41. The molecule has 1 atom stereocenters. The van der Waals surface area contributed by atoms with Gasteiger partial charge in [0.05, 0.1) is 27.9 Å². The highest BCUT2D eigenvalue weighted by atomic mass is 19.1. The van der Waals surface area contributed by atoms with Crippen LogP contribution < -0.4 is 10.9 Å². The highest BCUT2D eigenvalue weighted by molar-refractivity contribution is 6.00. The van der Waals surface area contributed by atoms with E-state index in [1.54, 1.807) is 23.0 Å². The molecule has 8 rings (SSSR count). The molecule has 3 aliphatic heterocycles. The van der Waals surface area contributed by atoms with Crippen molar-refractivity contribution in [3.63, 3.8) is 0 Å². The Labute approximate surface area is 200 Å². The number of imidazole rings is 1. The number of anilines is 1. The smallest absolute Gasteiger partial charge is 0.261 e. The fourth-order valence-corrected chi connectivity index (χ4v) is 5.76. The van der Waals surface area contributed by atoms with Crippen LogP contribution in [0.4, 0.5) is 10.1 Å². The Bertz CT molecular complexity index is 1580. The Morgan fingerprint density at radius 2 is 1.80 bits per heavy atom. The summed E-state index contributed by atoms with van der Waals surface area (Å²) in [6, 6.07) is 14.8. The van der Waals surface area contributed by atoms with E-state index in [1.165, 1.54) is 6.07 Å². The molecule has 0 spiro atoms. The normalized spacial score (nSPS) is 21.7. The minimum Gasteiger partial charge on any atom is -0.379 e. The molecule has 3 aromatic heterocycles. The minimum absolute atomic E-state index is 0.192. The highest BCUT2D eigenvalue weighted by Gasteiger charge is 2.35. The number of H-pyrrole nitrogens is 2. The van der Waals surface area contributed by atoms with E-state index in [0.717, 1.165) is 43.5 Å². The van der Waals surface area contributed by atoms with Gasteiger partial charge in [0.15, 0.2) is 0 Å². The number of hydrogen-bond acceptors (Lipinski definition) is 4. The third-order valence-electron chi connectivity index (χ3n) is 7.58.